The molecule has 0 bridgehead atoms. The molecule has 2 aromatic carbocycles. The van der Waals surface area contributed by atoms with Gasteiger partial charge in [0.2, 0.25) is 0 Å². The van der Waals surface area contributed by atoms with Crippen LogP contribution in [0.3, 0.4) is 0 Å². The van der Waals surface area contributed by atoms with Crippen molar-refractivity contribution in [2.24, 2.45) is 7.05 Å². The van der Waals surface area contributed by atoms with Crippen LogP contribution in [0.2, 0.25) is 0 Å². The van der Waals surface area contributed by atoms with Crippen molar-refractivity contribution in [1.82, 2.24) is 19.3 Å². The summed E-state index contributed by atoms with van der Waals surface area (Å²) in [5.74, 6) is 0.121. The normalized spacial score (nSPS) is 11.2. The predicted octanol–water partition coefficient (Wildman–Crippen LogP) is 6.35. The van der Waals surface area contributed by atoms with E-state index >= 15 is 0 Å². The molecule has 3 heterocycles. The Balaban J connectivity index is 1.64. The second-order valence-corrected chi connectivity index (χ2v) is 9.88. The van der Waals surface area contributed by atoms with E-state index in [2.05, 4.69) is 16.5 Å². The highest BCUT2D eigenvalue weighted by molar-refractivity contribution is 7.14. The molecule has 0 saturated heterocycles. The zero-order chi connectivity index (χ0) is 25.4. The van der Waals surface area contributed by atoms with E-state index in [0.29, 0.717) is 35.6 Å². The van der Waals surface area contributed by atoms with Crippen molar-refractivity contribution in [3.63, 3.8) is 0 Å². The number of hydrogen-bond donors (Lipinski definition) is 0. The number of aromatic nitrogens is 4. The summed E-state index contributed by atoms with van der Waals surface area (Å²) >= 11 is 1.53. The largest absolute Gasteiger partial charge is 0.292 e. The van der Waals surface area contributed by atoms with Crippen LogP contribution >= 0.6 is 11.3 Å². The van der Waals surface area contributed by atoms with Crippen LogP contribution in [-0.4, -0.2) is 19.3 Å². The number of benzene rings is 2. The Bertz CT molecular complexity index is 1610. The Morgan fingerprint density at radius 1 is 0.917 bits per heavy atom. The molecule has 36 heavy (non-hydrogen) atoms. The standard InChI is InChI=1S/C29H27FN4OS/c1-18-27(25-16-23(17-36-25)26-19(2)32-33(4)20(26)3)29(35)34(14-13-21-9-6-5-7-10-21)28(31-18)22-11-8-12-24(30)15-22/h5-12,15-17H,13-14H2,1-4H3. The molecule has 5 rings (SSSR count). The van der Waals surface area contributed by atoms with E-state index < -0.39 is 0 Å². The van der Waals surface area contributed by atoms with Gasteiger partial charge in [0.1, 0.15) is 11.6 Å². The van der Waals surface area contributed by atoms with Crippen LogP contribution in [0.4, 0.5) is 4.39 Å². The minimum Gasteiger partial charge on any atom is -0.292 e. The zero-order valence-corrected chi connectivity index (χ0v) is 21.6. The smallest absolute Gasteiger partial charge is 0.262 e. The van der Waals surface area contributed by atoms with Gasteiger partial charge in [0.15, 0.2) is 0 Å². The number of nitrogens with zero attached hydrogens (tertiary/aromatic N) is 4. The lowest BCUT2D eigenvalue weighted by Gasteiger charge is -2.16. The molecule has 5 nitrogen and oxygen atoms in total. The highest BCUT2D eigenvalue weighted by Crippen LogP contribution is 2.35. The minimum atomic E-state index is -0.358. The van der Waals surface area contributed by atoms with Gasteiger partial charge >= 0.3 is 0 Å². The summed E-state index contributed by atoms with van der Waals surface area (Å²) in [5, 5.41) is 6.61. The lowest BCUT2D eigenvalue weighted by molar-refractivity contribution is 0.626. The third-order valence-electron chi connectivity index (χ3n) is 6.54. The van der Waals surface area contributed by atoms with Crippen molar-refractivity contribution >= 4 is 11.3 Å². The van der Waals surface area contributed by atoms with Gasteiger partial charge in [0.25, 0.3) is 5.56 Å². The molecule has 0 radical (unpaired) electrons. The SMILES string of the molecule is Cc1nn(C)c(C)c1-c1csc(-c2c(C)nc(-c3cccc(F)c3)n(CCc3ccccc3)c2=O)c1. The minimum absolute atomic E-state index is 0.120. The molecule has 0 fully saturated rings. The lowest BCUT2D eigenvalue weighted by Crippen LogP contribution is -2.27. The molecule has 0 aliphatic carbocycles. The van der Waals surface area contributed by atoms with Gasteiger partial charge in [-0.3, -0.25) is 14.0 Å². The fraction of sp³-hybridized carbons (Fsp3) is 0.207. The van der Waals surface area contributed by atoms with Crippen LogP contribution in [0.25, 0.3) is 33.0 Å². The topological polar surface area (TPSA) is 52.7 Å². The Morgan fingerprint density at radius 3 is 2.39 bits per heavy atom. The van der Waals surface area contributed by atoms with Gasteiger partial charge in [-0.1, -0.05) is 42.5 Å². The van der Waals surface area contributed by atoms with Crippen molar-refractivity contribution in [1.29, 1.82) is 0 Å². The zero-order valence-electron chi connectivity index (χ0n) is 20.7. The molecule has 0 spiro atoms. The fourth-order valence-electron chi connectivity index (χ4n) is 4.68. The maximum Gasteiger partial charge on any atom is 0.262 e. The van der Waals surface area contributed by atoms with Crippen LogP contribution in [0.1, 0.15) is 22.6 Å². The maximum atomic E-state index is 14.1. The molecule has 0 unspecified atom stereocenters. The van der Waals surface area contributed by atoms with Crippen LogP contribution in [0.5, 0.6) is 0 Å². The van der Waals surface area contributed by atoms with Crippen LogP contribution in [0.15, 0.2) is 70.8 Å². The second kappa shape index (κ2) is 9.66. The molecular formula is C29H27FN4OS. The van der Waals surface area contributed by atoms with Gasteiger partial charge in [0, 0.05) is 35.3 Å². The van der Waals surface area contributed by atoms with Crippen molar-refractivity contribution in [2.75, 3.05) is 0 Å². The summed E-state index contributed by atoms with van der Waals surface area (Å²) in [4.78, 5) is 19.7. The number of rotatable bonds is 6. The molecule has 0 saturated carbocycles. The summed E-state index contributed by atoms with van der Waals surface area (Å²) in [7, 11) is 1.93. The van der Waals surface area contributed by atoms with Crippen LogP contribution < -0.4 is 5.56 Å². The van der Waals surface area contributed by atoms with E-state index in [1.807, 2.05) is 62.8 Å². The van der Waals surface area contributed by atoms with E-state index in [1.165, 1.54) is 23.5 Å². The molecular weight excluding hydrogens is 471 g/mol. The number of hydrogen-bond acceptors (Lipinski definition) is 4. The molecule has 7 heteroatoms. The summed E-state index contributed by atoms with van der Waals surface area (Å²) in [6.07, 6.45) is 0.664. The van der Waals surface area contributed by atoms with Crippen molar-refractivity contribution in [3.05, 3.63) is 105 Å². The van der Waals surface area contributed by atoms with Crippen molar-refractivity contribution in [2.45, 2.75) is 33.7 Å². The lowest BCUT2D eigenvalue weighted by atomic mass is 10.1. The molecule has 182 valence electrons. The first-order chi connectivity index (χ1) is 17.3. The number of thiophene rings is 1. The first-order valence-corrected chi connectivity index (χ1v) is 12.7. The van der Waals surface area contributed by atoms with E-state index in [4.69, 9.17) is 4.98 Å². The van der Waals surface area contributed by atoms with Gasteiger partial charge in [-0.15, -0.1) is 11.3 Å². The highest BCUT2D eigenvalue weighted by Gasteiger charge is 2.20. The molecule has 3 aromatic heterocycles. The molecule has 0 amide bonds. The monoisotopic (exact) mass is 498 g/mol. The Kier molecular flexibility index (Phi) is 6.41. The molecule has 5 aromatic rings. The maximum absolute atomic E-state index is 14.1. The quantitative estimate of drug-likeness (QED) is 0.274. The predicted molar refractivity (Wildman–Crippen MR) is 144 cm³/mol. The van der Waals surface area contributed by atoms with E-state index in [-0.39, 0.29) is 11.4 Å². The molecule has 0 aliphatic rings. The van der Waals surface area contributed by atoms with E-state index in [1.54, 1.807) is 16.7 Å². The van der Waals surface area contributed by atoms with Gasteiger partial charge < -0.3 is 0 Å². The number of aryl methyl sites for hydroxylation is 4. The summed E-state index contributed by atoms with van der Waals surface area (Å²) in [6, 6.07) is 18.3. The first-order valence-electron chi connectivity index (χ1n) is 11.8. The number of halogens is 1. The van der Waals surface area contributed by atoms with E-state index in [9.17, 15) is 9.18 Å². The molecule has 0 N–H and O–H groups in total. The average molecular weight is 499 g/mol. The van der Waals surface area contributed by atoms with Crippen molar-refractivity contribution < 1.29 is 4.39 Å². The Morgan fingerprint density at radius 2 is 1.69 bits per heavy atom. The van der Waals surface area contributed by atoms with Gasteiger partial charge in [0.05, 0.1) is 17.0 Å². The first kappa shape index (κ1) is 23.9. The van der Waals surface area contributed by atoms with Crippen LogP contribution in [0, 0.1) is 26.6 Å². The third-order valence-corrected chi connectivity index (χ3v) is 7.49. The summed E-state index contributed by atoms with van der Waals surface area (Å²) in [6.45, 7) is 6.33. The summed E-state index contributed by atoms with van der Waals surface area (Å²) < 4.78 is 17.6. The van der Waals surface area contributed by atoms with Gasteiger partial charge in [-0.05, 0) is 61.9 Å². The Labute approximate surface area is 213 Å². The van der Waals surface area contributed by atoms with Crippen molar-refractivity contribution in [3.8, 4) is 33.0 Å². The fourth-order valence-corrected chi connectivity index (χ4v) is 5.66. The molecule has 0 aliphatic heterocycles. The summed E-state index contributed by atoms with van der Waals surface area (Å²) in [5.41, 5.74) is 6.96. The highest BCUT2D eigenvalue weighted by atomic mass is 32.1. The van der Waals surface area contributed by atoms with Gasteiger partial charge in [-0.25, -0.2) is 9.37 Å². The Hall–Kier alpha value is -3.84. The molecule has 0 atom stereocenters. The van der Waals surface area contributed by atoms with E-state index in [0.717, 1.165) is 33.0 Å². The second-order valence-electron chi connectivity index (χ2n) is 8.97. The third kappa shape index (κ3) is 4.42. The average Bonchev–Trinajstić information content (AvgIpc) is 3.42. The van der Waals surface area contributed by atoms with Gasteiger partial charge in [-0.2, -0.15) is 5.10 Å². The van der Waals surface area contributed by atoms with Crippen LogP contribution in [-0.2, 0) is 20.0 Å².